The standard InChI is InChI=1S/C27H22ClN3O4S/c1-4-14-30-19-9-7-6-8-18(19)21(24(30)32)23-25(33)31-22(16-10-12-17(28)13-11-16)20(26(34)35-5-2)15(3)29-27(31)36-23/h4,6-13,22H,1,5,14H2,2-3H3/b23-21+/t22-/m0/s1. The molecule has 0 N–H and O–H groups in total. The zero-order valence-electron chi connectivity index (χ0n) is 19.7. The van der Waals surface area contributed by atoms with E-state index in [0.717, 1.165) is 17.0 Å². The van der Waals surface area contributed by atoms with E-state index in [4.69, 9.17) is 16.3 Å². The molecule has 2 aliphatic heterocycles. The van der Waals surface area contributed by atoms with E-state index in [9.17, 15) is 14.4 Å². The van der Waals surface area contributed by atoms with E-state index >= 15 is 0 Å². The Morgan fingerprint density at radius 2 is 1.92 bits per heavy atom. The van der Waals surface area contributed by atoms with Gasteiger partial charge in [0.2, 0.25) is 0 Å². The van der Waals surface area contributed by atoms with E-state index in [2.05, 4.69) is 11.6 Å². The molecule has 3 heterocycles. The molecule has 0 aliphatic carbocycles. The second-order valence-electron chi connectivity index (χ2n) is 8.27. The Balaban J connectivity index is 1.82. The highest BCUT2D eigenvalue weighted by Crippen LogP contribution is 2.35. The van der Waals surface area contributed by atoms with Gasteiger partial charge in [0.1, 0.15) is 4.53 Å². The predicted molar refractivity (Wildman–Crippen MR) is 140 cm³/mol. The topological polar surface area (TPSA) is 81.0 Å². The Hall–Kier alpha value is -3.75. The number of carbonyl (C=O) groups excluding carboxylic acids is 2. The molecule has 1 amide bonds. The molecule has 2 aromatic carbocycles. The number of aromatic nitrogens is 1. The van der Waals surface area contributed by atoms with E-state index in [-0.39, 0.29) is 22.6 Å². The maximum absolute atomic E-state index is 14.0. The number of hydrogen-bond acceptors (Lipinski definition) is 6. The Morgan fingerprint density at radius 1 is 1.19 bits per heavy atom. The maximum Gasteiger partial charge on any atom is 0.338 e. The van der Waals surface area contributed by atoms with E-state index in [0.29, 0.717) is 38.8 Å². The van der Waals surface area contributed by atoms with E-state index in [1.54, 1.807) is 49.1 Å². The Morgan fingerprint density at radius 3 is 2.61 bits per heavy atom. The number of nitrogens with zero attached hydrogens (tertiary/aromatic N) is 3. The third-order valence-electron chi connectivity index (χ3n) is 6.14. The molecule has 0 radical (unpaired) electrons. The molecule has 0 bridgehead atoms. The smallest absolute Gasteiger partial charge is 0.338 e. The van der Waals surface area contributed by atoms with Gasteiger partial charge in [0, 0.05) is 17.1 Å². The van der Waals surface area contributed by atoms with Crippen LogP contribution in [0.5, 0.6) is 0 Å². The molecular formula is C27H22ClN3O4S. The number of thiazole rings is 1. The van der Waals surface area contributed by atoms with Crippen molar-refractivity contribution in [3.8, 4) is 0 Å². The van der Waals surface area contributed by atoms with Crippen LogP contribution in [0.1, 0.15) is 31.0 Å². The van der Waals surface area contributed by atoms with Crippen molar-refractivity contribution in [1.29, 1.82) is 0 Å². The van der Waals surface area contributed by atoms with Crippen molar-refractivity contribution < 1.29 is 14.3 Å². The molecule has 182 valence electrons. The number of rotatable bonds is 5. The summed E-state index contributed by atoms with van der Waals surface area (Å²) in [5, 5.41) is 0.530. The second-order valence-corrected chi connectivity index (χ2v) is 9.68. The minimum Gasteiger partial charge on any atom is -0.463 e. The fraction of sp³-hybridized carbons (Fsp3) is 0.185. The maximum atomic E-state index is 14.0. The number of para-hydroxylation sites is 1. The molecule has 7 nitrogen and oxygen atoms in total. The summed E-state index contributed by atoms with van der Waals surface area (Å²) >= 11 is 7.25. The Labute approximate surface area is 215 Å². The summed E-state index contributed by atoms with van der Waals surface area (Å²) in [6.45, 7) is 7.70. The van der Waals surface area contributed by atoms with Crippen LogP contribution >= 0.6 is 22.9 Å². The van der Waals surface area contributed by atoms with Crippen molar-refractivity contribution in [2.24, 2.45) is 4.99 Å². The number of hydrogen-bond donors (Lipinski definition) is 0. The molecule has 1 aromatic heterocycles. The highest BCUT2D eigenvalue weighted by molar-refractivity contribution is 7.07. The van der Waals surface area contributed by atoms with Crippen LogP contribution in [0.2, 0.25) is 5.02 Å². The van der Waals surface area contributed by atoms with Crippen molar-refractivity contribution in [1.82, 2.24) is 4.57 Å². The summed E-state index contributed by atoms with van der Waals surface area (Å²) in [5.41, 5.74) is 2.74. The van der Waals surface area contributed by atoms with Crippen molar-refractivity contribution >= 4 is 46.1 Å². The van der Waals surface area contributed by atoms with Crippen molar-refractivity contribution in [2.45, 2.75) is 19.9 Å². The average molecular weight is 520 g/mol. The minimum absolute atomic E-state index is 0.182. The summed E-state index contributed by atoms with van der Waals surface area (Å²) in [4.78, 5) is 47.1. The number of fused-ring (bicyclic) bond motifs is 2. The van der Waals surface area contributed by atoms with E-state index < -0.39 is 17.6 Å². The van der Waals surface area contributed by atoms with Crippen LogP contribution in [0, 0.1) is 0 Å². The van der Waals surface area contributed by atoms with Crippen LogP contribution in [0.3, 0.4) is 0 Å². The quantitative estimate of drug-likeness (QED) is 0.382. The van der Waals surface area contributed by atoms with Crippen molar-refractivity contribution in [3.05, 3.63) is 108 Å². The lowest BCUT2D eigenvalue weighted by Gasteiger charge is -2.24. The molecule has 5 rings (SSSR count). The summed E-state index contributed by atoms with van der Waals surface area (Å²) in [6.07, 6.45) is 1.65. The van der Waals surface area contributed by atoms with Gasteiger partial charge in [-0.2, -0.15) is 0 Å². The van der Waals surface area contributed by atoms with Gasteiger partial charge in [0.15, 0.2) is 4.80 Å². The first-order valence-corrected chi connectivity index (χ1v) is 12.6. The van der Waals surface area contributed by atoms with Gasteiger partial charge in [0.05, 0.1) is 35.2 Å². The molecule has 0 unspecified atom stereocenters. The average Bonchev–Trinajstić information content (AvgIpc) is 3.32. The number of anilines is 1. The molecule has 2 aliphatic rings. The first-order valence-electron chi connectivity index (χ1n) is 11.4. The first-order chi connectivity index (χ1) is 17.4. The van der Waals surface area contributed by atoms with Crippen molar-refractivity contribution in [2.75, 3.05) is 18.1 Å². The molecule has 1 atom stereocenters. The van der Waals surface area contributed by atoms with Gasteiger partial charge < -0.3 is 9.64 Å². The van der Waals surface area contributed by atoms with Crippen LogP contribution in [0.25, 0.3) is 5.57 Å². The lowest BCUT2D eigenvalue weighted by molar-refractivity contribution is -0.139. The normalized spacial score (nSPS) is 18.0. The van der Waals surface area contributed by atoms with Gasteiger partial charge in [-0.05, 0) is 37.6 Å². The number of benzene rings is 2. The van der Waals surface area contributed by atoms with Gasteiger partial charge in [-0.1, -0.05) is 59.3 Å². The second kappa shape index (κ2) is 9.37. The number of ether oxygens (including phenoxy) is 1. The third kappa shape index (κ3) is 3.73. The van der Waals surface area contributed by atoms with Gasteiger partial charge in [-0.3, -0.25) is 14.2 Å². The minimum atomic E-state index is -0.775. The lowest BCUT2D eigenvalue weighted by Crippen LogP contribution is -2.41. The van der Waals surface area contributed by atoms with E-state index in [1.807, 2.05) is 24.3 Å². The van der Waals surface area contributed by atoms with E-state index in [1.165, 1.54) is 4.57 Å². The fourth-order valence-electron chi connectivity index (χ4n) is 4.61. The fourth-order valence-corrected chi connectivity index (χ4v) is 5.87. The zero-order chi connectivity index (χ0) is 25.6. The molecule has 0 spiro atoms. The summed E-state index contributed by atoms with van der Waals surface area (Å²) in [5.74, 6) is -0.818. The number of esters is 1. The highest BCUT2D eigenvalue weighted by Gasteiger charge is 2.37. The molecule has 0 saturated heterocycles. The third-order valence-corrected chi connectivity index (χ3v) is 7.45. The molecular weight excluding hydrogens is 498 g/mol. The predicted octanol–water partition coefficient (Wildman–Crippen LogP) is 3.35. The summed E-state index contributed by atoms with van der Waals surface area (Å²) in [7, 11) is 0. The number of carbonyl (C=O) groups is 2. The van der Waals surface area contributed by atoms with Gasteiger partial charge >= 0.3 is 5.97 Å². The molecule has 9 heteroatoms. The number of allylic oxidation sites excluding steroid dienone is 1. The van der Waals surface area contributed by atoms with Crippen LogP contribution in [-0.2, 0) is 14.3 Å². The highest BCUT2D eigenvalue weighted by atomic mass is 35.5. The van der Waals surface area contributed by atoms with Crippen LogP contribution < -0.4 is 19.8 Å². The SMILES string of the molecule is C=CCN1C(=O)/C(=c2/sc3n(c2=O)[C@@H](c2ccc(Cl)cc2)C(C(=O)OCC)=C(C)N=3)c2ccccc21. The lowest BCUT2D eigenvalue weighted by atomic mass is 9.96. The monoisotopic (exact) mass is 519 g/mol. The molecule has 36 heavy (non-hydrogen) atoms. The first kappa shape index (κ1) is 24.0. The van der Waals surface area contributed by atoms with Crippen LogP contribution in [0.4, 0.5) is 5.69 Å². The van der Waals surface area contributed by atoms with Crippen molar-refractivity contribution in [3.63, 3.8) is 0 Å². The summed E-state index contributed by atoms with van der Waals surface area (Å²) in [6, 6.07) is 13.5. The zero-order valence-corrected chi connectivity index (χ0v) is 21.2. The van der Waals surface area contributed by atoms with Gasteiger partial charge in [-0.15, -0.1) is 6.58 Å². The van der Waals surface area contributed by atoms with Gasteiger partial charge in [0.25, 0.3) is 11.5 Å². The largest absolute Gasteiger partial charge is 0.463 e. The Bertz CT molecular complexity index is 1630. The van der Waals surface area contributed by atoms with Gasteiger partial charge in [-0.25, -0.2) is 9.79 Å². The number of halogens is 1. The molecule has 0 saturated carbocycles. The summed E-state index contributed by atoms with van der Waals surface area (Å²) < 4.78 is 7.07. The van der Waals surface area contributed by atoms with Crippen LogP contribution in [0.15, 0.2) is 82.2 Å². The molecule has 3 aromatic rings. The Kier molecular flexibility index (Phi) is 6.24. The van der Waals surface area contributed by atoms with Crippen LogP contribution in [-0.4, -0.2) is 29.6 Å². The molecule has 0 fully saturated rings. The number of amides is 1.